The largest absolute Gasteiger partial charge is 0.494 e. The molecule has 0 heterocycles. The highest BCUT2D eigenvalue weighted by Gasteiger charge is 2.07. The minimum Gasteiger partial charge on any atom is -0.494 e. The highest BCUT2D eigenvalue weighted by atomic mass is 19.1. The lowest BCUT2D eigenvalue weighted by Crippen LogP contribution is -2.19. The van der Waals surface area contributed by atoms with Crippen LogP contribution in [-0.2, 0) is 16.1 Å². The van der Waals surface area contributed by atoms with E-state index in [9.17, 15) is 9.18 Å². The second-order valence-electron chi connectivity index (χ2n) is 3.44. The van der Waals surface area contributed by atoms with Crippen LogP contribution in [0.3, 0.4) is 0 Å². The molecule has 0 bridgehead atoms. The summed E-state index contributed by atoms with van der Waals surface area (Å²) in [6.45, 7) is 0.795. The van der Waals surface area contributed by atoms with Gasteiger partial charge in [-0.05, 0) is 6.07 Å². The first-order chi connectivity index (χ1) is 8.19. The Bertz CT molecular complexity index is 382. The van der Waals surface area contributed by atoms with Gasteiger partial charge in [-0.15, -0.1) is 0 Å². The summed E-state index contributed by atoms with van der Waals surface area (Å²) in [5.41, 5.74) is 0.509. The summed E-state index contributed by atoms with van der Waals surface area (Å²) in [4.78, 5) is 10.8. The minimum atomic E-state index is -0.374. The lowest BCUT2D eigenvalue weighted by atomic mass is 10.2. The molecule has 0 aliphatic heterocycles. The molecular weight excluding hydrogens is 225 g/mol. The molecule has 0 radical (unpaired) electrons. The van der Waals surface area contributed by atoms with Gasteiger partial charge in [0.1, 0.15) is 0 Å². The molecule has 0 amide bonds. The molecule has 0 aliphatic rings. The first-order valence-corrected chi connectivity index (χ1v) is 5.28. The van der Waals surface area contributed by atoms with Crippen LogP contribution in [-0.4, -0.2) is 26.7 Å². The second-order valence-corrected chi connectivity index (χ2v) is 3.44. The molecule has 4 nitrogen and oxygen atoms in total. The van der Waals surface area contributed by atoms with E-state index >= 15 is 0 Å². The number of hydrogen-bond donors (Lipinski definition) is 1. The summed E-state index contributed by atoms with van der Waals surface area (Å²) in [5.74, 6) is -0.443. The number of esters is 1. The van der Waals surface area contributed by atoms with E-state index in [1.807, 2.05) is 0 Å². The van der Waals surface area contributed by atoms with Gasteiger partial charge in [0.05, 0.1) is 20.6 Å². The third-order valence-electron chi connectivity index (χ3n) is 2.31. The molecule has 0 atom stereocenters. The van der Waals surface area contributed by atoms with E-state index in [-0.39, 0.29) is 24.0 Å². The molecule has 0 aromatic heterocycles. The van der Waals surface area contributed by atoms with Gasteiger partial charge in [-0.1, -0.05) is 12.1 Å². The van der Waals surface area contributed by atoms with Gasteiger partial charge in [-0.25, -0.2) is 4.39 Å². The van der Waals surface area contributed by atoms with Gasteiger partial charge < -0.3 is 14.8 Å². The van der Waals surface area contributed by atoms with Crippen LogP contribution in [0, 0.1) is 5.82 Å². The summed E-state index contributed by atoms with van der Waals surface area (Å²) in [7, 11) is 2.76. The number of nitrogens with one attached hydrogen (secondary N) is 1. The minimum absolute atomic E-state index is 0.220. The third-order valence-corrected chi connectivity index (χ3v) is 2.31. The zero-order chi connectivity index (χ0) is 12.7. The SMILES string of the molecule is COC(=O)CCNCc1cccc(OC)c1F. The van der Waals surface area contributed by atoms with Crippen molar-refractivity contribution in [3.05, 3.63) is 29.6 Å². The van der Waals surface area contributed by atoms with Crippen molar-refractivity contribution in [2.24, 2.45) is 0 Å². The van der Waals surface area contributed by atoms with Gasteiger partial charge in [0.25, 0.3) is 0 Å². The van der Waals surface area contributed by atoms with E-state index in [2.05, 4.69) is 10.1 Å². The third kappa shape index (κ3) is 4.03. The predicted octanol–water partition coefficient (Wildman–Crippen LogP) is 1.49. The quantitative estimate of drug-likeness (QED) is 0.605. The monoisotopic (exact) mass is 241 g/mol. The van der Waals surface area contributed by atoms with Crippen LogP contribution in [0.4, 0.5) is 4.39 Å². The molecule has 0 spiro atoms. The normalized spacial score (nSPS) is 10.1. The molecule has 94 valence electrons. The molecule has 0 aliphatic carbocycles. The van der Waals surface area contributed by atoms with Crippen molar-refractivity contribution >= 4 is 5.97 Å². The van der Waals surface area contributed by atoms with Gasteiger partial charge >= 0.3 is 5.97 Å². The van der Waals surface area contributed by atoms with Crippen LogP contribution >= 0.6 is 0 Å². The van der Waals surface area contributed by atoms with Crippen LogP contribution in [0.2, 0.25) is 0 Å². The molecule has 5 heteroatoms. The molecule has 0 saturated carbocycles. The molecule has 17 heavy (non-hydrogen) atoms. The van der Waals surface area contributed by atoms with Crippen molar-refractivity contribution in [3.63, 3.8) is 0 Å². The molecule has 1 aromatic rings. The summed E-state index contributed by atoms with van der Waals surface area (Å²) in [5, 5.41) is 2.96. The van der Waals surface area contributed by atoms with Gasteiger partial charge in [0.2, 0.25) is 0 Å². The maximum absolute atomic E-state index is 13.7. The van der Waals surface area contributed by atoms with Crippen molar-refractivity contribution < 1.29 is 18.7 Å². The van der Waals surface area contributed by atoms with Crippen LogP contribution in [0.15, 0.2) is 18.2 Å². The zero-order valence-electron chi connectivity index (χ0n) is 9.96. The summed E-state index contributed by atoms with van der Waals surface area (Å²) in [6.07, 6.45) is 0.266. The number of methoxy groups -OCH3 is 2. The highest BCUT2D eigenvalue weighted by molar-refractivity contribution is 5.69. The van der Waals surface area contributed by atoms with Gasteiger partial charge in [-0.3, -0.25) is 4.79 Å². The van der Waals surface area contributed by atoms with Crippen molar-refractivity contribution in [1.29, 1.82) is 0 Å². The van der Waals surface area contributed by atoms with Crippen LogP contribution in [0.25, 0.3) is 0 Å². The van der Waals surface area contributed by atoms with Crippen LogP contribution in [0.5, 0.6) is 5.75 Å². The van der Waals surface area contributed by atoms with E-state index in [1.54, 1.807) is 18.2 Å². The lowest BCUT2D eigenvalue weighted by molar-refractivity contribution is -0.140. The number of carbonyl (C=O) groups is 1. The van der Waals surface area contributed by atoms with E-state index in [4.69, 9.17) is 4.74 Å². The van der Waals surface area contributed by atoms with Gasteiger partial charge in [0.15, 0.2) is 11.6 Å². The Morgan fingerprint density at radius 1 is 1.41 bits per heavy atom. The Morgan fingerprint density at radius 3 is 2.82 bits per heavy atom. The van der Waals surface area contributed by atoms with Crippen molar-refractivity contribution in [3.8, 4) is 5.75 Å². The zero-order valence-corrected chi connectivity index (χ0v) is 9.96. The Kier molecular flexibility index (Phi) is 5.42. The summed E-state index contributed by atoms with van der Waals surface area (Å²) < 4.78 is 23.0. The smallest absolute Gasteiger partial charge is 0.306 e. The fraction of sp³-hybridized carbons (Fsp3) is 0.417. The maximum atomic E-state index is 13.7. The van der Waals surface area contributed by atoms with Crippen molar-refractivity contribution in [2.75, 3.05) is 20.8 Å². The standard InChI is InChI=1S/C12H16FNO3/c1-16-10-5-3-4-9(12(10)13)8-14-7-6-11(15)17-2/h3-5,14H,6-8H2,1-2H3. The average Bonchev–Trinajstić information content (AvgIpc) is 2.36. The Balaban J connectivity index is 2.44. The number of benzene rings is 1. The fourth-order valence-corrected chi connectivity index (χ4v) is 1.37. The topological polar surface area (TPSA) is 47.6 Å². The van der Waals surface area contributed by atoms with Gasteiger partial charge in [0, 0.05) is 18.7 Å². The molecular formula is C12H16FNO3. The molecule has 0 saturated heterocycles. The molecule has 0 unspecified atom stereocenters. The Morgan fingerprint density at radius 2 is 2.18 bits per heavy atom. The van der Waals surface area contributed by atoms with Crippen LogP contribution < -0.4 is 10.1 Å². The Hall–Kier alpha value is -1.62. The first-order valence-electron chi connectivity index (χ1n) is 5.28. The maximum Gasteiger partial charge on any atom is 0.306 e. The molecule has 0 fully saturated rings. The average molecular weight is 241 g/mol. The molecule has 1 rings (SSSR count). The number of ether oxygens (including phenoxy) is 2. The molecule has 1 N–H and O–H groups in total. The summed E-state index contributed by atoms with van der Waals surface area (Å²) in [6, 6.07) is 4.95. The van der Waals surface area contributed by atoms with E-state index in [0.29, 0.717) is 18.7 Å². The number of halogens is 1. The predicted molar refractivity (Wildman–Crippen MR) is 61.3 cm³/mol. The molecule has 1 aromatic carbocycles. The van der Waals surface area contributed by atoms with Gasteiger partial charge in [-0.2, -0.15) is 0 Å². The Labute approximate surface area is 99.7 Å². The number of hydrogen-bond acceptors (Lipinski definition) is 4. The lowest BCUT2D eigenvalue weighted by Gasteiger charge is -2.08. The van der Waals surface area contributed by atoms with E-state index < -0.39 is 0 Å². The van der Waals surface area contributed by atoms with Crippen LogP contribution in [0.1, 0.15) is 12.0 Å². The van der Waals surface area contributed by atoms with Crippen molar-refractivity contribution in [1.82, 2.24) is 5.32 Å². The summed E-state index contributed by atoms with van der Waals surface area (Å²) >= 11 is 0. The van der Waals surface area contributed by atoms with Crippen molar-refractivity contribution in [2.45, 2.75) is 13.0 Å². The number of carbonyl (C=O) groups excluding carboxylic acids is 1. The van der Waals surface area contributed by atoms with E-state index in [1.165, 1.54) is 14.2 Å². The van der Waals surface area contributed by atoms with E-state index in [0.717, 1.165) is 0 Å². The second kappa shape index (κ2) is 6.85. The fourth-order valence-electron chi connectivity index (χ4n) is 1.37. The first kappa shape index (κ1) is 13.4. The highest BCUT2D eigenvalue weighted by Crippen LogP contribution is 2.19. The number of rotatable bonds is 6.